The van der Waals surface area contributed by atoms with Gasteiger partial charge in [0.1, 0.15) is 6.67 Å². The minimum atomic E-state index is -3.77. The molecule has 1 aliphatic heterocycles. The van der Waals surface area contributed by atoms with E-state index in [1.165, 1.54) is 16.4 Å². The molecule has 2 aromatic carbocycles. The number of rotatable bonds is 3. The molecule has 28 heavy (non-hydrogen) atoms. The van der Waals surface area contributed by atoms with Crippen LogP contribution in [0.2, 0.25) is 5.02 Å². The first-order chi connectivity index (χ1) is 13.5. The summed E-state index contributed by atoms with van der Waals surface area (Å²) >= 11 is 5.94. The largest absolute Gasteiger partial charge is 0.332 e. The maximum atomic E-state index is 13.4. The van der Waals surface area contributed by atoms with Crippen LogP contribution >= 0.6 is 11.6 Å². The third kappa shape index (κ3) is 2.81. The monoisotopic (exact) mass is 414 g/mol. The molecular weight excluding hydrogens is 396 g/mol. The van der Waals surface area contributed by atoms with Crippen LogP contribution in [0.1, 0.15) is 25.7 Å². The minimum Gasteiger partial charge on any atom is -0.332 e. The van der Waals surface area contributed by atoms with Crippen LogP contribution in [0.25, 0.3) is 11.0 Å². The molecule has 1 aliphatic carbocycles. The minimum absolute atomic E-state index is 0.200. The van der Waals surface area contributed by atoms with Crippen molar-refractivity contribution in [1.82, 2.24) is 9.97 Å². The lowest BCUT2D eigenvalue weighted by molar-refractivity contribution is 0.583. The Morgan fingerprint density at radius 1 is 0.893 bits per heavy atom. The summed E-state index contributed by atoms with van der Waals surface area (Å²) in [6.07, 6.45) is 4.40. The van der Waals surface area contributed by atoms with Crippen molar-refractivity contribution >= 4 is 44.3 Å². The summed E-state index contributed by atoms with van der Waals surface area (Å²) in [4.78, 5) is 11.8. The molecule has 0 N–H and O–H groups in total. The lowest BCUT2D eigenvalue weighted by Gasteiger charge is -2.26. The molecule has 1 fully saturated rings. The summed E-state index contributed by atoms with van der Waals surface area (Å²) in [5, 5.41) is 0.499. The molecule has 3 aromatic rings. The molecule has 0 atom stereocenters. The lowest BCUT2D eigenvalue weighted by Crippen LogP contribution is -2.40. The number of sulfonamides is 1. The van der Waals surface area contributed by atoms with Crippen LogP contribution in [0.5, 0.6) is 0 Å². The fraction of sp³-hybridized carbons (Fsp3) is 0.300. The van der Waals surface area contributed by atoms with E-state index in [9.17, 15) is 8.42 Å². The molecule has 0 spiro atoms. The highest BCUT2D eigenvalue weighted by Crippen LogP contribution is 2.41. The van der Waals surface area contributed by atoms with Gasteiger partial charge in [0, 0.05) is 11.1 Å². The van der Waals surface area contributed by atoms with Gasteiger partial charge in [0.15, 0.2) is 11.6 Å². The molecule has 0 amide bonds. The van der Waals surface area contributed by atoms with Gasteiger partial charge in [0.2, 0.25) is 0 Å². The van der Waals surface area contributed by atoms with Gasteiger partial charge in [-0.3, -0.25) is 0 Å². The quantitative estimate of drug-likeness (QED) is 0.642. The summed E-state index contributed by atoms with van der Waals surface area (Å²) in [5.41, 5.74) is 1.46. The summed E-state index contributed by atoms with van der Waals surface area (Å²) in [6, 6.07) is 14.1. The first-order valence-corrected chi connectivity index (χ1v) is 11.2. The first-order valence-electron chi connectivity index (χ1n) is 9.36. The Morgan fingerprint density at radius 2 is 1.50 bits per heavy atom. The van der Waals surface area contributed by atoms with Crippen molar-refractivity contribution in [2.45, 2.75) is 36.6 Å². The third-order valence-corrected chi connectivity index (χ3v) is 7.48. The van der Waals surface area contributed by atoms with Gasteiger partial charge >= 0.3 is 0 Å². The van der Waals surface area contributed by atoms with Gasteiger partial charge in [-0.1, -0.05) is 36.6 Å². The fourth-order valence-electron chi connectivity index (χ4n) is 4.04. The Morgan fingerprint density at radius 3 is 2.14 bits per heavy atom. The second kappa shape index (κ2) is 6.60. The van der Waals surface area contributed by atoms with Crippen molar-refractivity contribution < 1.29 is 8.42 Å². The molecule has 8 heteroatoms. The summed E-state index contributed by atoms with van der Waals surface area (Å²) in [5.74, 6) is 1.06. The van der Waals surface area contributed by atoms with Crippen molar-refractivity contribution in [1.29, 1.82) is 0 Å². The normalized spacial score (nSPS) is 17.5. The fourth-order valence-corrected chi connectivity index (χ4v) is 5.53. The molecule has 0 bridgehead atoms. The van der Waals surface area contributed by atoms with E-state index in [0.29, 0.717) is 28.2 Å². The second-order valence-electron chi connectivity index (χ2n) is 7.22. The topological polar surface area (TPSA) is 66.4 Å². The number of fused-ring (bicyclic) bond motifs is 2. The van der Waals surface area contributed by atoms with Crippen LogP contribution in [-0.2, 0) is 10.0 Å². The SMILES string of the molecule is O=S(=O)(c1ccc(Cl)cc1)N1CN(C2CCCC2)c2nc3ccccc3nc21. The second-order valence-corrected chi connectivity index (χ2v) is 9.52. The molecule has 0 saturated heterocycles. The first kappa shape index (κ1) is 17.7. The zero-order valence-corrected chi connectivity index (χ0v) is 16.7. The number of nitrogens with zero attached hydrogens (tertiary/aromatic N) is 4. The van der Waals surface area contributed by atoms with Gasteiger partial charge in [-0.25, -0.2) is 22.7 Å². The molecule has 5 rings (SSSR count). The number of anilines is 2. The van der Waals surface area contributed by atoms with Crippen LogP contribution in [0, 0.1) is 0 Å². The molecule has 1 saturated carbocycles. The van der Waals surface area contributed by atoms with Gasteiger partial charge in [0.05, 0.1) is 15.9 Å². The number of para-hydroxylation sites is 2. The molecule has 6 nitrogen and oxygen atoms in total. The van der Waals surface area contributed by atoms with Gasteiger partial charge in [0.25, 0.3) is 10.0 Å². The van der Waals surface area contributed by atoms with E-state index < -0.39 is 10.0 Å². The smallest absolute Gasteiger partial charge is 0.267 e. The van der Waals surface area contributed by atoms with E-state index in [2.05, 4.69) is 9.88 Å². The Hall–Kier alpha value is -2.38. The predicted molar refractivity (Wildman–Crippen MR) is 110 cm³/mol. The van der Waals surface area contributed by atoms with E-state index in [1.807, 2.05) is 24.3 Å². The molecular formula is C20H19ClN4O2S. The van der Waals surface area contributed by atoms with E-state index in [1.54, 1.807) is 12.1 Å². The van der Waals surface area contributed by atoms with Gasteiger partial charge in [-0.2, -0.15) is 0 Å². The van der Waals surface area contributed by atoms with Crippen LogP contribution in [0.15, 0.2) is 53.4 Å². The Balaban J connectivity index is 1.66. The number of aromatic nitrogens is 2. The summed E-state index contributed by atoms with van der Waals surface area (Å²) in [7, 11) is -3.77. The summed E-state index contributed by atoms with van der Waals surface area (Å²) < 4.78 is 28.2. The molecule has 0 unspecified atom stereocenters. The van der Waals surface area contributed by atoms with Crippen molar-refractivity contribution in [3.8, 4) is 0 Å². The Bertz CT molecular complexity index is 1140. The maximum Gasteiger partial charge on any atom is 0.267 e. The van der Waals surface area contributed by atoms with E-state index >= 15 is 0 Å². The Labute approximate surface area is 168 Å². The molecule has 2 heterocycles. The van der Waals surface area contributed by atoms with Gasteiger partial charge < -0.3 is 4.90 Å². The average molecular weight is 415 g/mol. The van der Waals surface area contributed by atoms with Gasteiger partial charge in [-0.05, 0) is 49.2 Å². The number of halogens is 1. The number of hydrogen-bond acceptors (Lipinski definition) is 5. The molecule has 2 aliphatic rings. The zero-order valence-electron chi connectivity index (χ0n) is 15.1. The average Bonchev–Trinajstić information content (AvgIpc) is 3.34. The van der Waals surface area contributed by atoms with E-state index in [4.69, 9.17) is 16.6 Å². The Kier molecular flexibility index (Phi) is 4.17. The predicted octanol–water partition coefficient (Wildman–Crippen LogP) is 4.20. The van der Waals surface area contributed by atoms with Crippen LogP contribution in [0.4, 0.5) is 11.6 Å². The third-order valence-electron chi connectivity index (χ3n) is 5.49. The maximum absolute atomic E-state index is 13.4. The van der Waals surface area contributed by atoms with Crippen molar-refractivity contribution in [2.75, 3.05) is 15.9 Å². The highest BCUT2D eigenvalue weighted by Gasteiger charge is 2.41. The van der Waals surface area contributed by atoms with Crippen molar-refractivity contribution in [3.63, 3.8) is 0 Å². The highest BCUT2D eigenvalue weighted by molar-refractivity contribution is 7.92. The zero-order chi connectivity index (χ0) is 19.3. The van der Waals surface area contributed by atoms with E-state index in [-0.39, 0.29) is 11.6 Å². The van der Waals surface area contributed by atoms with Crippen molar-refractivity contribution in [2.24, 2.45) is 0 Å². The van der Waals surface area contributed by atoms with Crippen LogP contribution < -0.4 is 9.21 Å². The molecule has 1 aromatic heterocycles. The van der Waals surface area contributed by atoms with Crippen molar-refractivity contribution in [3.05, 3.63) is 53.6 Å². The number of benzene rings is 2. The van der Waals surface area contributed by atoms with Gasteiger partial charge in [-0.15, -0.1) is 0 Å². The standard InChI is InChI=1S/C20H19ClN4O2S/c21-14-9-11-16(12-10-14)28(26,27)25-13-24(15-5-1-2-6-15)19-20(25)23-18-8-4-3-7-17(18)22-19/h3-4,7-12,15H,1-2,5-6,13H2. The molecule has 144 valence electrons. The highest BCUT2D eigenvalue weighted by atomic mass is 35.5. The molecule has 0 radical (unpaired) electrons. The van der Waals surface area contributed by atoms with Crippen LogP contribution in [0.3, 0.4) is 0 Å². The van der Waals surface area contributed by atoms with E-state index in [0.717, 1.165) is 31.2 Å². The van der Waals surface area contributed by atoms with Crippen LogP contribution in [-0.4, -0.2) is 31.1 Å². The summed E-state index contributed by atoms with van der Waals surface area (Å²) in [6.45, 7) is 0.237. The number of hydrogen-bond donors (Lipinski definition) is 0. The lowest BCUT2D eigenvalue weighted by atomic mass is 10.2.